The molecule has 0 bridgehead atoms. The minimum atomic E-state index is -4.38. The summed E-state index contributed by atoms with van der Waals surface area (Å²) in [5.74, 6) is 0.319. The maximum absolute atomic E-state index is 12.1. The largest absolute Gasteiger partial charge is 0.484 e. The average molecular weight is 457 g/mol. The van der Waals surface area contributed by atoms with E-state index in [0.29, 0.717) is 5.82 Å². The van der Waals surface area contributed by atoms with E-state index in [2.05, 4.69) is 19.7 Å². The summed E-state index contributed by atoms with van der Waals surface area (Å²) in [5, 5.41) is 1.17. The summed E-state index contributed by atoms with van der Waals surface area (Å²) < 4.78 is 40.9. The maximum Gasteiger partial charge on any atom is 0.422 e. The summed E-state index contributed by atoms with van der Waals surface area (Å²) in [6.07, 6.45) is -2.95. The monoisotopic (exact) mass is 457 g/mol. The first-order valence-electron chi connectivity index (χ1n) is 9.88. The lowest BCUT2D eigenvalue weighted by Crippen LogP contribution is -2.19. The van der Waals surface area contributed by atoms with Crippen molar-refractivity contribution in [3.63, 3.8) is 0 Å². The first-order chi connectivity index (χ1) is 15.6. The minimum Gasteiger partial charge on any atom is -0.484 e. The number of halogens is 3. The molecule has 33 heavy (non-hydrogen) atoms. The third kappa shape index (κ3) is 6.70. The Bertz CT molecular complexity index is 1190. The molecule has 2 aromatic carbocycles. The average Bonchev–Trinajstić information content (AvgIpc) is 3.17. The van der Waals surface area contributed by atoms with Crippen LogP contribution in [0.3, 0.4) is 0 Å². The molecule has 2 aromatic heterocycles. The Labute approximate surface area is 187 Å². The molecule has 0 saturated carbocycles. The number of fused-ring (bicyclic) bond motifs is 1. The molecule has 1 amide bonds. The molecule has 0 aliphatic rings. The van der Waals surface area contributed by atoms with Crippen molar-refractivity contribution in [1.29, 1.82) is 0 Å². The number of anilines is 1. The molecule has 7 nitrogen and oxygen atoms in total. The number of nitrogens with two attached hydrogens (primary N) is 2. The third-order valence-corrected chi connectivity index (χ3v) is 4.65. The molecule has 4 aromatic rings. The number of aromatic amines is 1. The second kappa shape index (κ2) is 10.0. The number of carbonyl (C=O) groups excluding carboxylic acids is 1. The molecule has 1 unspecified atom stereocenters. The summed E-state index contributed by atoms with van der Waals surface area (Å²) >= 11 is 0. The van der Waals surface area contributed by atoms with E-state index in [9.17, 15) is 18.0 Å². The maximum atomic E-state index is 12.1. The third-order valence-electron chi connectivity index (χ3n) is 4.65. The Balaban J connectivity index is 0.000000252. The molecule has 1 atom stereocenters. The number of primary amides is 1. The van der Waals surface area contributed by atoms with Crippen molar-refractivity contribution in [3.05, 3.63) is 83.9 Å². The van der Waals surface area contributed by atoms with Gasteiger partial charge >= 0.3 is 6.18 Å². The first-order valence-corrected chi connectivity index (χ1v) is 9.88. The predicted molar refractivity (Wildman–Crippen MR) is 119 cm³/mol. The van der Waals surface area contributed by atoms with Crippen LogP contribution < -0.4 is 16.2 Å². The Morgan fingerprint density at radius 2 is 1.82 bits per heavy atom. The fourth-order valence-electron chi connectivity index (χ4n) is 2.98. The number of amides is 1. The van der Waals surface area contributed by atoms with Gasteiger partial charge in [0.05, 0.1) is 0 Å². The van der Waals surface area contributed by atoms with Crippen LogP contribution in [0.15, 0.2) is 66.9 Å². The summed E-state index contributed by atoms with van der Waals surface area (Å²) in [7, 11) is 0. The van der Waals surface area contributed by atoms with Gasteiger partial charge in [-0.05, 0) is 35.9 Å². The van der Waals surface area contributed by atoms with Gasteiger partial charge in [0.25, 0.3) is 5.91 Å². The second-order valence-corrected chi connectivity index (χ2v) is 7.17. The molecule has 0 radical (unpaired) electrons. The Morgan fingerprint density at radius 1 is 1.12 bits per heavy atom. The van der Waals surface area contributed by atoms with Gasteiger partial charge in [-0.2, -0.15) is 13.2 Å². The lowest BCUT2D eigenvalue weighted by atomic mass is 10.0. The van der Waals surface area contributed by atoms with E-state index in [-0.39, 0.29) is 17.4 Å². The molecular formula is C23H22F3N5O2. The Kier molecular flexibility index (Phi) is 7.17. The van der Waals surface area contributed by atoms with Gasteiger partial charge in [0.2, 0.25) is 0 Å². The summed E-state index contributed by atoms with van der Waals surface area (Å²) in [4.78, 5) is 22.3. The molecule has 0 fully saturated rings. The van der Waals surface area contributed by atoms with Crippen molar-refractivity contribution in [2.45, 2.75) is 19.0 Å². The van der Waals surface area contributed by atoms with Gasteiger partial charge in [-0.1, -0.05) is 37.3 Å². The molecule has 5 N–H and O–H groups in total. The number of hydrogen-bond acceptors (Lipinski definition) is 5. The van der Waals surface area contributed by atoms with Crippen molar-refractivity contribution >= 4 is 22.6 Å². The van der Waals surface area contributed by atoms with E-state index in [0.717, 1.165) is 16.9 Å². The van der Waals surface area contributed by atoms with Crippen LogP contribution in [-0.4, -0.2) is 33.6 Å². The SMILES string of the molecule is CC(c1ccc(OCC(F)(F)F)cc1)c1nccc(C(N)=O)n1.Nc1cc2ccccc2[nH]1. The van der Waals surface area contributed by atoms with E-state index in [1.54, 1.807) is 12.1 Å². The summed E-state index contributed by atoms with van der Waals surface area (Å²) in [6, 6.07) is 17.5. The first kappa shape index (κ1) is 23.6. The zero-order chi connectivity index (χ0) is 24.0. The van der Waals surface area contributed by atoms with E-state index >= 15 is 0 Å². The second-order valence-electron chi connectivity index (χ2n) is 7.17. The number of aromatic nitrogens is 3. The minimum absolute atomic E-state index is 0.104. The summed E-state index contributed by atoms with van der Waals surface area (Å²) in [6.45, 7) is 0.470. The highest BCUT2D eigenvalue weighted by Crippen LogP contribution is 2.24. The highest BCUT2D eigenvalue weighted by atomic mass is 19.4. The van der Waals surface area contributed by atoms with Gasteiger partial charge in [-0.25, -0.2) is 9.97 Å². The molecule has 0 aliphatic carbocycles. The van der Waals surface area contributed by atoms with Crippen molar-refractivity contribution < 1.29 is 22.7 Å². The van der Waals surface area contributed by atoms with Crippen LogP contribution >= 0.6 is 0 Å². The topological polar surface area (TPSA) is 120 Å². The van der Waals surface area contributed by atoms with Crippen molar-refractivity contribution in [2.24, 2.45) is 5.73 Å². The smallest absolute Gasteiger partial charge is 0.422 e. The fraction of sp³-hybridized carbons (Fsp3) is 0.174. The molecule has 2 heterocycles. The van der Waals surface area contributed by atoms with Crippen molar-refractivity contribution in [2.75, 3.05) is 12.3 Å². The van der Waals surface area contributed by atoms with Gasteiger partial charge in [0, 0.05) is 23.0 Å². The van der Waals surface area contributed by atoms with Gasteiger partial charge in [0.1, 0.15) is 23.1 Å². The van der Waals surface area contributed by atoms with Crippen LogP contribution in [0.1, 0.15) is 34.7 Å². The van der Waals surface area contributed by atoms with Gasteiger partial charge < -0.3 is 21.2 Å². The molecule has 4 rings (SSSR count). The number of rotatable bonds is 5. The van der Waals surface area contributed by atoms with Crippen molar-refractivity contribution in [3.8, 4) is 5.75 Å². The zero-order valence-corrected chi connectivity index (χ0v) is 17.6. The number of carbonyl (C=O) groups is 1. The number of nitrogen functional groups attached to an aromatic ring is 1. The van der Waals surface area contributed by atoms with Gasteiger partial charge in [0.15, 0.2) is 6.61 Å². The fourth-order valence-corrected chi connectivity index (χ4v) is 2.98. The number of hydrogen-bond donors (Lipinski definition) is 3. The highest BCUT2D eigenvalue weighted by molar-refractivity contribution is 5.90. The number of ether oxygens (including phenoxy) is 1. The summed E-state index contributed by atoms with van der Waals surface area (Å²) in [5.41, 5.74) is 12.7. The van der Waals surface area contributed by atoms with Crippen LogP contribution in [-0.2, 0) is 0 Å². The molecule has 0 spiro atoms. The number of benzene rings is 2. The van der Waals surface area contributed by atoms with Gasteiger partial charge in [-0.15, -0.1) is 0 Å². The lowest BCUT2D eigenvalue weighted by molar-refractivity contribution is -0.153. The highest BCUT2D eigenvalue weighted by Gasteiger charge is 2.28. The zero-order valence-electron chi connectivity index (χ0n) is 17.6. The van der Waals surface area contributed by atoms with Crippen LogP contribution in [0.4, 0.5) is 19.0 Å². The molecule has 10 heteroatoms. The van der Waals surface area contributed by atoms with Crippen molar-refractivity contribution in [1.82, 2.24) is 15.0 Å². The van der Waals surface area contributed by atoms with Crippen LogP contribution in [0.2, 0.25) is 0 Å². The molecule has 0 aliphatic heterocycles. The normalized spacial score (nSPS) is 12.0. The number of H-pyrrole nitrogens is 1. The Morgan fingerprint density at radius 3 is 2.45 bits per heavy atom. The predicted octanol–water partition coefficient (Wildman–Crippen LogP) is 4.42. The number of alkyl halides is 3. The van der Waals surface area contributed by atoms with Gasteiger partial charge in [-0.3, -0.25) is 4.79 Å². The van der Waals surface area contributed by atoms with Crippen LogP contribution in [0.5, 0.6) is 5.75 Å². The van der Waals surface area contributed by atoms with Crippen LogP contribution in [0, 0.1) is 0 Å². The molecule has 172 valence electrons. The standard InChI is InChI=1S/C15H14F3N3O2.C8H8N2/c1-9(14-20-7-6-12(21-14)13(19)22)10-2-4-11(5-3-10)23-8-15(16,17)18;9-8-5-6-3-1-2-4-7(6)10-8/h2-7,9H,8H2,1H3,(H2,19,22);1-5,10H,9H2. The number of nitrogens with one attached hydrogen (secondary N) is 1. The van der Waals surface area contributed by atoms with Crippen LogP contribution in [0.25, 0.3) is 10.9 Å². The quantitative estimate of drug-likeness (QED) is 0.410. The number of para-hydroxylation sites is 1. The number of nitrogens with zero attached hydrogens (tertiary/aromatic N) is 2. The molecular weight excluding hydrogens is 435 g/mol. The van der Waals surface area contributed by atoms with E-state index in [1.165, 1.54) is 29.8 Å². The van der Waals surface area contributed by atoms with E-state index < -0.39 is 18.7 Å². The van der Waals surface area contributed by atoms with E-state index in [4.69, 9.17) is 11.5 Å². The lowest BCUT2D eigenvalue weighted by Gasteiger charge is -2.13. The Hall–Kier alpha value is -4.08. The molecule has 0 saturated heterocycles. The van der Waals surface area contributed by atoms with E-state index in [1.807, 2.05) is 37.3 Å².